The lowest BCUT2D eigenvalue weighted by molar-refractivity contribution is -0.194. The van der Waals surface area contributed by atoms with Crippen LogP contribution in [0.25, 0.3) is 0 Å². The van der Waals surface area contributed by atoms with E-state index in [4.69, 9.17) is 4.74 Å². The summed E-state index contributed by atoms with van der Waals surface area (Å²) in [6.07, 6.45) is -4.49. The average Bonchev–Trinajstić information content (AvgIpc) is 2.65. The zero-order valence-electron chi connectivity index (χ0n) is 9.04. The highest BCUT2D eigenvalue weighted by Crippen LogP contribution is 2.34. The van der Waals surface area contributed by atoms with Gasteiger partial charge in [0, 0.05) is 0 Å². The van der Waals surface area contributed by atoms with E-state index in [-0.39, 0.29) is 11.9 Å². The van der Waals surface area contributed by atoms with Gasteiger partial charge >= 0.3 is 6.18 Å². The van der Waals surface area contributed by atoms with Gasteiger partial charge in [0.1, 0.15) is 12.4 Å². The number of carbonyl (C=O) groups is 1. The summed E-state index contributed by atoms with van der Waals surface area (Å²) >= 11 is 4.19. The molecule has 0 saturated carbocycles. The smallest absolute Gasteiger partial charge is 0.412 e. The lowest BCUT2D eigenvalue weighted by Crippen LogP contribution is -2.51. The molecule has 0 N–H and O–H groups in total. The average molecular weight is 344 g/mol. The van der Waals surface area contributed by atoms with Gasteiger partial charge in [-0.05, 0) is 11.4 Å². The van der Waals surface area contributed by atoms with Crippen molar-refractivity contribution in [2.45, 2.75) is 18.8 Å². The second-order valence-corrected chi connectivity index (χ2v) is 5.29. The third kappa shape index (κ3) is 2.64. The normalized spacial score (nSPS) is 20.0. The molecule has 1 aliphatic rings. The van der Waals surface area contributed by atoms with Gasteiger partial charge in [-0.2, -0.15) is 13.2 Å². The maximum Gasteiger partial charge on any atom is 0.412 e. The van der Waals surface area contributed by atoms with Crippen molar-refractivity contribution in [3.63, 3.8) is 0 Å². The molecule has 1 amide bonds. The molecule has 2 rings (SSSR count). The van der Waals surface area contributed by atoms with E-state index >= 15 is 0 Å². The first-order valence-corrected chi connectivity index (χ1v) is 7.05. The van der Waals surface area contributed by atoms with Gasteiger partial charge in [-0.1, -0.05) is 15.9 Å². The maximum absolute atomic E-state index is 12.9. The first-order valence-electron chi connectivity index (χ1n) is 5.05. The van der Waals surface area contributed by atoms with Gasteiger partial charge in [0.15, 0.2) is 6.04 Å². The first-order chi connectivity index (χ1) is 8.43. The lowest BCUT2D eigenvalue weighted by atomic mass is 10.2. The van der Waals surface area contributed by atoms with E-state index in [0.717, 1.165) is 4.90 Å². The minimum Gasteiger partial charge on any atom is -0.490 e. The Bertz CT molecular complexity index is 449. The summed E-state index contributed by atoms with van der Waals surface area (Å²) in [6, 6.07) is -0.280. The zero-order chi connectivity index (χ0) is 13.3. The van der Waals surface area contributed by atoms with Crippen LogP contribution < -0.4 is 4.74 Å². The highest BCUT2D eigenvalue weighted by atomic mass is 79.9. The van der Waals surface area contributed by atoms with Crippen molar-refractivity contribution >= 4 is 33.2 Å². The largest absolute Gasteiger partial charge is 0.490 e. The molecule has 1 aliphatic heterocycles. The number of hydrogen-bond donors (Lipinski definition) is 0. The molecule has 1 aromatic heterocycles. The number of ether oxygens (including phenoxy) is 1. The second-order valence-electron chi connectivity index (χ2n) is 3.73. The minimum absolute atomic E-state index is 0.0678. The van der Waals surface area contributed by atoms with E-state index in [2.05, 4.69) is 15.9 Å². The summed E-state index contributed by atoms with van der Waals surface area (Å²) < 4.78 is 43.9. The summed E-state index contributed by atoms with van der Waals surface area (Å²) in [5, 5.41) is 1.59. The summed E-state index contributed by atoms with van der Waals surface area (Å²) in [4.78, 5) is 13.1. The number of nitrogens with zero attached hydrogens (tertiary/aromatic N) is 1. The van der Waals surface area contributed by atoms with E-state index < -0.39 is 24.7 Å². The highest BCUT2D eigenvalue weighted by molar-refractivity contribution is 9.09. The Labute approximate surface area is 114 Å². The quantitative estimate of drug-likeness (QED) is 0.734. The molecule has 0 aromatic carbocycles. The number of halogens is 4. The number of thiophene rings is 1. The summed E-state index contributed by atoms with van der Waals surface area (Å²) in [5.41, 5.74) is 0. The third-order valence-corrected chi connectivity index (χ3v) is 3.97. The SMILES string of the molecule is O=C(CBr)N1Cc2sccc2OC[C@@H]1C(F)(F)F. The molecule has 8 heteroatoms. The standard InChI is InChI=1S/C10H9BrF3NO2S/c11-3-9(16)15-4-7-6(1-2-18-7)17-5-8(15)10(12,13)14/h1-2,8H,3-5H2/t8-/m1/s1. The zero-order valence-corrected chi connectivity index (χ0v) is 11.4. The number of carbonyl (C=O) groups excluding carboxylic acids is 1. The Morgan fingerprint density at radius 3 is 2.94 bits per heavy atom. The molecule has 0 fully saturated rings. The lowest BCUT2D eigenvalue weighted by Gasteiger charge is -2.30. The Morgan fingerprint density at radius 1 is 1.61 bits per heavy atom. The Hall–Kier alpha value is -0.760. The molecular weight excluding hydrogens is 335 g/mol. The topological polar surface area (TPSA) is 29.5 Å². The van der Waals surface area contributed by atoms with Crippen LogP contribution in [0.15, 0.2) is 11.4 Å². The summed E-state index contributed by atoms with van der Waals surface area (Å²) in [7, 11) is 0. The van der Waals surface area contributed by atoms with Crippen molar-refractivity contribution in [1.82, 2.24) is 4.90 Å². The van der Waals surface area contributed by atoms with Crippen LogP contribution >= 0.6 is 27.3 Å². The molecule has 2 heterocycles. The van der Waals surface area contributed by atoms with Crippen molar-refractivity contribution in [1.29, 1.82) is 0 Å². The van der Waals surface area contributed by atoms with Crippen molar-refractivity contribution in [2.75, 3.05) is 11.9 Å². The summed E-state index contributed by atoms with van der Waals surface area (Å²) in [6.45, 7) is -0.631. The number of fused-ring (bicyclic) bond motifs is 1. The Morgan fingerprint density at radius 2 is 2.33 bits per heavy atom. The maximum atomic E-state index is 12.9. The van der Waals surface area contributed by atoms with E-state index in [1.807, 2.05) is 0 Å². The van der Waals surface area contributed by atoms with Gasteiger partial charge in [0.25, 0.3) is 0 Å². The van der Waals surface area contributed by atoms with Crippen LogP contribution in [0.2, 0.25) is 0 Å². The van der Waals surface area contributed by atoms with Gasteiger partial charge in [0.2, 0.25) is 5.91 Å². The van der Waals surface area contributed by atoms with Crippen molar-refractivity contribution < 1.29 is 22.7 Å². The molecule has 0 saturated heterocycles. The Balaban J connectivity index is 2.32. The minimum atomic E-state index is -4.49. The third-order valence-electron chi connectivity index (χ3n) is 2.60. The molecule has 0 bridgehead atoms. The molecule has 3 nitrogen and oxygen atoms in total. The van der Waals surface area contributed by atoms with E-state index in [1.165, 1.54) is 11.3 Å². The molecule has 100 valence electrons. The molecule has 18 heavy (non-hydrogen) atoms. The predicted octanol–water partition coefficient (Wildman–Crippen LogP) is 2.79. The van der Waals surface area contributed by atoms with Crippen LogP contribution in [0.4, 0.5) is 13.2 Å². The molecule has 0 aliphatic carbocycles. The number of amides is 1. The Kier molecular flexibility index (Phi) is 3.86. The van der Waals surface area contributed by atoms with E-state index in [0.29, 0.717) is 10.6 Å². The van der Waals surface area contributed by atoms with Crippen LogP contribution in [0, 0.1) is 0 Å². The van der Waals surface area contributed by atoms with Crippen LogP contribution in [0.5, 0.6) is 5.75 Å². The number of rotatable bonds is 1. The monoisotopic (exact) mass is 343 g/mol. The van der Waals surface area contributed by atoms with Gasteiger partial charge < -0.3 is 9.64 Å². The number of alkyl halides is 4. The van der Waals surface area contributed by atoms with E-state index in [9.17, 15) is 18.0 Å². The molecule has 1 atom stereocenters. The molecule has 0 unspecified atom stereocenters. The van der Waals surface area contributed by atoms with Crippen LogP contribution in [-0.4, -0.2) is 35.0 Å². The molecular formula is C10H9BrF3NO2S. The van der Waals surface area contributed by atoms with E-state index in [1.54, 1.807) is 11.4 Å². The fourth-order valence-electron chi connectivity index (χ4n) is 1.71. The van der Waals surface area contributed by atoms with Gasteiger partial charge in [-0.15, -0.1) is 11.3 Å². The summed E-state index contributed by atoms with van der Waals surface area (Å²) in [5.74, 6) is -0.165. The molecule has 0 radical (unpaired) electrons. The fraction of sp³-hybridized carbons (Fsp3) is 0.500. The van der Waals surface area contributed by atoms with Crippen molar-refractivity contribution in [2.24, 2.45) is 0 Å². The fourth-order valence-corrected chi connectivity index (χ4v) is 2.84. The molecule has 0 spiro atoms. The number of hydrogen-bond acceptors (Lipinski definition) is 3. The predicted molar refractivity (Wildman–Crippen MR) is 64.0 cm³/mol. The van der Waals surface area contributed by atoms with Crippen LogP contribution in [-0.2, 0) is 11.3 Å². The van der Waals surface area contributed by atoms with Crippen LogP contribution in [0.3, 0.4) is 0 Å². The van der Waals surface area contributed by atoms with Gasteiger partial charge in [0.05, 0.1) is 16.8 Å². The second kappa shape index (κ2) is 5.08. The van der Waals surface area contributed by atoms with Crippen molar-refractivity contribution in [3.8, 4) is 5.75 Å². The highest BCUT2D eigenvalue weighted by Gasteiger charge is 2.47. The van der Waals surface area contributed by atoms with Crippen molar-refractivity contribution in [3.05, 3.63) is 16.3 Å². The van der Waals surface area contributed by atoms with Gasteiger partial charge in [-0.3, -0.25) is 4.79 Å². The first kappa shape index (κ1) is 13.7. The van der Waals surface area contributed by atoms with Crippen LogP contribution in [0.1, 0.15) is 4.88 Å². The van der Waals surface area contributed by atoms with Gasteiger partial charge in [-0.25, -0.2) is 0 Å². The molecule has 1 aromatic rings.